The quantitative estimate of drug-likeness (QED) is 0.598. The van der Waals surface area contributed by atoms with Crippen LogP contribution in [0.5, 0.6) is 0 Å². The smallest absolute Gasteiger partial charge is 0.398 e. The van der Waals surface area contributed by atoms with Gasteiger partial charge in [-0.25, -0.2) is 0 Å². The lowest BCUT2D eigenvalue weighted by Crippen LogP contribution is -2.56. The zero-order chi connectivity index (χ0) is 17.7. The van der Waals surface area contributed by atoms with E-state index in [0.29, 0.717) is 0 Å². The fourth-order valence-corrected chi connectivity index (χ4v) is 7.11. The van der Waals surface area contributed by atoms with Crippen molar-refractivity contribution in [3.8, 4) is 0 Å². The SMILES string of the molecule is CO[Si](C)(CCCC(C)(O)C(F)(F)F)O[Si](OC)(OC)OC. The second kappa shape index (κ2) is 8.19. The Kier molecular flexibility index (Phi) is 8.19. The van der Waals surface area contributed by atoms with Crippen LogP contribution >= 0.6 is 0 Å². The first-order valence-corrected chi connectivity index (χ1v) is 10.8. The largest absolute Gasteiger partial charge is 0.669 e. The molecule has 0 aromatic carbocycles. The molecule has 0 bridgehead atoms. The molecule has 0 radical (unpaired) electrons. The van der Waals surface area contributed by atoms with Gasteiger partial charge in [-0.15, -0.1) is 0 Å². The van der Waals surface area contributed by atoms with Gasteiger partial charge >= 0.3 is 23.8 Å². The van der Waals surface area contributed by atoms with Crippen LogP contribution in [-0.2, 0) is 21.8 Å². The Hall–Kier alpha value is -0.0162. The summed E-state index contributed by atoms with van der Waals surface area (Å²) in [5.41, 5.74) is -2.74. The van der Waals surface area contributed by atoms with Crippen LogP contribution in [0.4, 0.5) is 13.2 Å². The molecule has 0 aromatic heterocycles. The van der Waals surface area contributed by atoms with E-state index in [0.717, 1.165) is 6.92 Å². The first-order chi connectivity index (χ1) is 9.91. The predicted molar refractivity (Wildman–Crippen MR) is 77.2 cm³/mol. The highest BCUT2D eigenvalue weighted by Crippen LogP contribution is 2.35. The van der Waals surface area contributed by atoms with Crippen molar-refractivity contribution in [2.24, 2.45) is 0 Å². The highest BCUT2D eigenvalue weighted by molar-refractivity contribution is 6.75. The maximum Gasteiger partial charge on any atom is 0.669 e. The third kappa shape index (κ3) is 5.88. The van der Waals surface area contributed by atoms with Gasteiger partial charge in [-0.1, -0.05) is 0 Å². The number of halogens is 3. The first kappa shape index (κ1) is 22.0. The normalized spacial score (nSPS) is 18.8. The number of rotatable bonds is 10. The standard InChI is InChI=1S/C11H25F3O6Si2/c1-10(15,11(12,13)14)8-7-9-21(6,16-2)20-22(17-3,18-4)19-5/h15H,7-9H2,1-6H3. The van der Waals surface area contributed by atoms with E-state index in [-0.39, 0.29) is 12.5 Å². The molecule has 1 N–H and O–H groups in total. The van der Waals surface area contributed by atoms with Crippen molar-refractivity contribution < 1.29 is 40.1 Å². The van der Waals surface area contributed by atoms with Crippen LogP contribution in [0.3, 0.4) is 0 Å². The second-order valence-corrected chi connectivity index (χ2v) is 11.4. The summed E-state index contributed by atoms with van der Waals surface area (Å²) in [5.74, 6) is 0. The fraction of sp³-hybridized carbons (Fsp3) is 1.00. The van der Waals surface area contributed by atoms with Gasteiger partial charge in [0.25, 0.3) is 0 Å². The van der Waals surface area contributed by atoms with Gasteiger partial charge in [0.2, 0.25) is 0 Å². The van der Waals surface area contributed by atoms with Crippen molar-refractivity contribution in [3.05, 3.63) is 0 Å². The third-order valence-electron chi connectivity index (χ3n) is 3.43. The van der Waals surface area contributed by atoms with Crippen LogP contribution in [0.25, 0.3) is 0 Å². The highest BCUT2D eigenvalue weighted by atomic mass is 28.5. The molecule has 2 atom stereocenters. The molecule has 0 saturated heterocycles. The molecule has 22 heavy (non-hydrogen) atoms. The van der Waals surface area contributed by atoms with Gasteiger partial charge in [-0.3, -0.25) is 0 Å². The lowest BCUT2D eigenvalue weighted by Gasteiger charge is -2.34. The van der Waals surface area contributed by atoms with Crippen LogP contribution in [-0.4, -0.2) is 62.9 Å². The summed E-state index contributed by atoms with van der Waals surface area (Å²) in [5, 5.41) is 9.44. The van der Waals surface area contributed by atoms with E-state index >= 15 is 0 Å². The molecule has 0 aliphatic rings. The second-order valence-electron chi connectivity index (χ2n) is 5.18. The van der Waals surface area contributed by atoms with Crippen LogP contribution < -0.4 is 0 Å². The van der Waals surface area contributed by atoms with Crippen molar-refractivity contribution in [3.63, 3.8) is 0 Å². The average molecular weight is 366 g/mol. The van der Waals surface area contributed by atoms with Gasteiger partial charge in [-0.2, -0.15) is 13.2 Å². The maximum atomic E-state index is 12.6. The summed E-state index contributed by atoms with van der Waals surface area (Å²) in [4.78, 5) is 0. The lowest BCUT2D eigenvalue weighted by molar-refractivity contribution is -0.255. The molecule has 0 spiro atoms. The van der Waals surface area contributed by atoms with Crippen molar-refractivity contribution in [2.45, 2.75) is 44.1 Å². The zero-order valence-corrected chi connectivity index (χ0v) is 15.7. The summed E-state index contributed by atoms with van der Waals surface area (Å²) >= 11 is 0. The van der Waals surface area contributed by atoms with E-state index < -0.39 is 35.8 Å². The van der Waals surface area contributed by atoms with Crippen LogP contribution in [0.1, 0.15) is 19.8 Å². The van der Waals surface area contributed by atoms with Gasteiger partial charge in [0.15, 0.2) is 5.60 Å². The molecule has 0 heterocycles. The summed E-state index contributed by atoms with van der Waals surface area (Å²) in [7, 11) is -0.738. The van der Waals surface area contributed by atoms with Crippen LogP contribution in [0.2, 0.25) is 12.6 Å². The minimum atomic E-state index is -4.68. The Morgan fingerprint density at radius 2 is 1.41 bits per heavy atom. The summed E-state index contributed by atoms with van der Waals surface area (Å²) < 4.78 is 64.3. The minimum Gasteiger partial charge on any atom is -0.398 e. The Morgan fingerprint density at radius 3 is 1.73 bits per heavy atom. The monoisotopic (exact) mass is 366 g/mol. The molecule has 11 heteroatoms. The molecule has 134 valence electrons. The van der Waals surface area contributed by atoms with Gasteiger partial charge in [0, 0.05) is 28.4 Å². The Morgan fingerprint density at radius 1 is 0.955 bits per heavy atom. The summed E-state index contributed by atoms with van der Waals surface area (Å²) in [6, 6.07) is 0.223. The van der Waals surface area contributed by atoms with E-state index in [4.69, 9.17) is 21.8 Å². The number of hydrogen-bond donors (Lipinski definition) is 1. The van der Waals surface area contributed by atoms with Gasteiger partial charge in [-0.05, 0) is 32.4 Å². The lowest BCUT2D eigenvalue weighted by atomic mass is 10.0. The fourth-order valence-electron chi connectivity index (χ4n) is 1.73. The van der Waals surface area contributed by atoms with Gasteiger partial charge < -0.3 is 26.9 Å². The van der Waals surface area contributed by atoms with Gasteiger partial charge in [0.05, 0.1) is 0 Å². The molecule has 0 aliphatic heterocycles. The van der Waals surface area contributed by atoms with Crippen molar-refractivity contribution >= 4 is 17.6 Å². The first-order valence-electron chi connectivity index (χ1n) is 6.61. The van der Waals surface area contributed by atoms with Gasteiger partial charge in [0.1, 0.15) is 0 Å². The van der Waals surface area contributed by atoms with Crippen LogP contribution in [0.15, 0.2) is 0 Å². The molecule has 0 saturated carbocycles. The number of aliphatic hydroxyl groups is 1. The predicted octanol–water partition coefficient (Wildman–Crippen LogP) is 2.19. The Balaban J connectivity index is 4.77. The topological polar surface area (TPSA) is 66.4 Å². The van der Waals surface area contributed by atoms with E-state index in [1.807, 2.05) is 0 Å². The molecule has 0 aliphatic carbocycles. The summed E-state index contributed by atoms with van der Waals surface area (Å²) in [6.07, 6.45) is -5.05. The highest BCUT2D eigenvalue weighted by Gasteiger charge is 2.52. The molecular formula is C11H25F3O6Si2. The van der Waals surface area contributed by atoms with E-state index in [1.165, 1.54) is 28.4 Å². The average Bonchev–Trinajstić information content (AvgIpc) is 2.43. The third-order valence-corrected chi connectivity index (χ3v) is 9.78. The van der Waals surface area contributed by atoms with E-state index in [1.54, 1.807) is 6.55 Å². The molecule has 0 fully saturated rings. The summed E-state index contributed by atoms with van der Waals surface area (Å²) in [6.45, 7) is 2.42. The van der Waals surface area contributed by atoms with Crippen molar-refractivity contribution in [1.82, 2.24) is 0 Å². The maximum absolute atomic E-state index is 12.6. The molecule has 0 aromatic rings. The molecule has 2 unspecified atom stereocenters. The molecule has 6 nitrogen and oxygen atoms in total. The number of alkyl halides is 3. The molecule has 0 amide bonds. The number of hydrogen-bond acceptors (Lipinski definition) is 6. The van der Waals surface area contributed by atoms with E-state index in [9.17, 15) is 18.3 Å². The van der Waals surface area contributed by atoms with E-state index in [2.05, 4.69) is 0 Å². The molecular weight excluding hydrogens is 341 g/mol. The minimum absolute atomic E-state index is 0.0741. The molecule has 0 rings (SSSR count). The van der Waals surface area contributed by atoms with Crippen molar-refractivity contribution in [2.75, 3.05) is 28.4 Å². The Bertz CT molecular complexity index is 330. The Labute approximate surface area is 131 Å². The van der Waals surface area contributed by atoms with Crippen LogP contribution in [0, 0.1) is 0 Å². The van der Waals surface area contributed by atoms with Crippen molar-refractivity contribution in [1.29, 1.82) is 0 Å². The zero-order valence-electron chi connectivity index (χ0n) is 13.7.